The van der Waals surface area contributed by atoms with Gasteiger partial charge in [0.25, 0.3) is 10.0 Å². The summed E-state index contributed by atoms with van der Waals surface area (Å²) in [5.74, 6) is 0.371. The third-order valence-corrected chi connectivity index (χ3v) is 5.02. The Morgan fingerprint density at radius 2 is 1.24 bits per heavy atom. The highest BCUT2D eigenvalue weighted by molar-refractivity contribution is 7.90. The SMILES string of the molecule is CN(/C(=N\S(=O)(=O)c1ccccc1)c1ccccc1)c1ccccc1. The van der Waals surface area contributed by atoms with Gasteiger partial charge in [-0.15, -0.1) is 4.40 Å². The molecular weight excluding hydrogens is 332 g/mol. The van der Waals surface area contributed by atoms with Crippen molar-refractivity contribution in [2.75, 3.05) is 11.9 Å². The van der Waals surface area contributed by atoms with Gasteiger partial charge in [0.05, 0.1) is 4.90 Å². The Hall–Kier alpha value is -2.92. The monoisotopic (exact) mass is 350 g/mol. The Bertz CT molecular complexity index is 954. The zero-order valence-electron chi connectivity index (χ0n) is 13.8. The third kappa shape index (κ3) is 3.95. The molecule has 0 fully saturated rings. The number of hydrogen-bond donors (Lipinski definition) is 0. The molecule has 0 aliphatic rings. The van der Waals surface area contributed by atoms with Crippen LogP contribution in [0.15, 0.2) is 100 Å². The van der Waals surface area contributed by atoms with Crippen LogP contribution in [-0.2, 0) is 10.0 Å². The first-order chi connectivity index (χ1) is 12.1. The highest BCUT2D eigenvalue weighted by Gasteiger charge is 2.18. The second-order valence-corrected chi connectivity index (χ2v) is 7.07. The average molecular weight is 350 g/mol. The smallest absolute Gasteiger partial charge is 0.284 e. The molecule has 0 aliphatic heterocycles. The van der Waals surface area contributed by atoms with Gasteiger partial charge in [-0.2, -0.15) is 8.42 Å². The van der Waals surface area contributed by atoms with E-state index in [4.69, 9.17) is 0 Å². The molecule has 0 radical (unpaired) electrons. The van der Waals surface area contributed by atoms with Crippen LogP contribution in [0.1, 0.15) is 5.56 Å². The van der Waals surface area contributed by atoms with E-state index in [1.165, 1.54) is 0 Å². The standard InChI is InChI=1S/C20H18N2O2S/c1-22(18-13-7-3-8-14-18)20(17-11-5-2-6-12-17)21-25(23,24)19-15-9-4-10-16-19/h2-16H,1H3/b21-20-. The molecule has 3 rings (SSSR count). The van der Waals surface area contributed by atoms with Crippen LogP contribution in [0.25, 0.3) is 0 Å². The topological polar surface area (TPSA) is 49.7 Å². The molecule has 0 bridgehead atoms. The molecule has 0 atom stereocenters. The fourth-order valence-corrected chi connectivity index (χ4v) is 3.49. The van der Waals surface area contributed by atoms with Crippen molar-refractivity contribution in [1.29, 1.82) is 0 Å². The number of sulfonamides is 1. The van der Waals surface area contributed by atoms with Gasteiger partial charge >= 0.3 is 0 Å². The Kier molecular flexibility index (Phi) is 4.95. The summed E-state index contributed by atoms with van der Waals surface area (Å²) in [4.78, 5) is 1.94. The maximum atomic E-state index is 12.7. The van der Waals surface area contributed by atoms with E-state index in [0.29, 0.717) is 5.84 Å². The quantitative estimate of drug-likeness (QED) is 0.529. The normalized spacial score (nSPS) is 12.0. The van der Waals surface area contributed by atoms with Crippen molar-refractivity contribution in [2.45, 2.75) is 4.90 Å². The first kappa shape index (κ1) is 16.9. The molecule has 3 aromatic rings. The minimum Gasteiger partial charge on any atom is -0.328 e. The molecule has 3 aromatic carbocycles. The Morgan fingerprint density at radius 1 is 0.760 bits per heavy atom. The van der Waals surface area contributed by atoms with Crippen molar-refractivity contribution in [2.24, 2.45) is 4.40 Å². The van der Waals surface area contributed by atoms with Crippen LogP contribution >= 0.6 is 0 Å². The first-order valence-corrected chi connectivity index (χ1v) is 9.26. The van der Waals surface area contributed by atoms with Gasteiger partial charge in [0.15, 0.2) is 5.84 Å². The molecule has 4 nitrogen and oxygen atoms in total. The molecule has 0 N–H and O–H groups in total. The summed E-state index contributed by atoms with van der Waals surface area (Å²) in [6.45, 7) is 0. The Morgan fingerprint density at radius 3 is 1.80 bits per heavy atom. The number of benzene rings is 3. The molecule has 25 heavy (non-hydrogen) atoms. The van der Waals surface area contributed by atoms with Gasteiger partial charge < -0.3 is 4.90 Å². The van der Waals surface area contributed by atoms with E-state index in [0.717, 1.165) is 11.3 Å². The van der Waals surface area contributed by atoms with E-state index in [1.54, 1.807) is 35.2 Å². The second-order valence-electron chi connectivity index (χ2n) is 5.46. The molecule has 0 saturated carbocycles. The molecule has 0 unspecified atom stereocenters. The molecule has 0 aliphatic carbocycles. The van der Waals surface area contributed by atoms with E-state index in [9.17, 15) is 8.42 Å². The predicted octanol–water partition coefficient (Wildman–Crippen LogP) is 3.96. The lowest BCUT2D eigenvalue weighted by molar-refractivity contribution is 0.598. The van der Waals surface area contributed by atoms with Crippen molar-refractivity contribution in [1.82, 2.24) is 0 Å². The maximum Gasteiger partial charge on any atom is 0.284 e. The van der Waals surface area contributed by atoms with Crippen molar-refractivity contribution >= 4 is 21.5 Å². The largest absolute Gasteiger partial charge is 0.328 e. The fraction of sp³-hybridized carbons (Fsp3) is 0.0500. The van der Waals surface area contributed by atoms with Crippen LogP contribution in [0.3, 0.4) is 0 Å². The van der Waals surface area contributed by atoms with Gasteiger partial charge in [-0.05, 0) is 24.3 Å². The minimum absolute atomic E-state index is 0.171. The number of amidine groups is 1. The molecule has 126 valence electrons. The molecule has 0 saturated heterocycles. The van der Waals surface area contributed by atoms with Crippen LogP contribution in [0, 0.1) is 0 Å². The van der Waals surface area contributed by atoms with Crippen molar-refractivity contribution in [3.05, 3.63) is 96.6 Å². The predicted molar refractivity (Wildman–Crippen MR) is 101 cm³/mol. The van der Waals surface area contributed by atoms with E-state index in [2.05, 4.69) is 4.40 Å². The van der Waals surface area contributed by atoms with E-state index >= 15 is 0 Å². The number of nitrogens with zero attached hydrogens (tertiary/aromatic N) is 2. The third-order valence-electron chi connectivity index (χ3n) is 3.74. The summed E-state index contributed by atoms with van der Waals surface area (Å²) in [5.41, 5.74) is 1.58. The number of rotatable bonds is 4. The van der Waals surface area contributed by atoms with Crippen LogP contribution < -0.4 is 4.90 Å². The zero-order valence-corrected chi connectivity index (χ0v) is 14.6. The first-order valence-electron chi connectivity index (χ1n) is 7.82. The van der Waals surface area contributed by atoms with E-state index in [-0.39, 0.29) is 4.90 Å². The van der Waals surface area contributed by atoms with E-state index in [1.807, 2.05) is 67.7 Å². The molecule has 0 aromatic heterocycles. The highest BCUT2D eigenvalue weighted by Crippen LogP contribution is 2.19. The van der Waals surface area contributed by atoms with Crippen LogP contribution in [-0.4, -0.2) is 21.3 Å². The van der Waals surface area contributed by atoms with Crippen LogP contribution in [0.4, 0.5) is 5.69 Å². The van der Waals surface area contributed by atoms with Crippen molar-refractivity contribution < 1.29 is 8.42 Å². The Labute approximate surface area is 148 Å². The Balaban J connectivity index is 2.12. The van der Waals surface area contributed by atoms with Gasteiger partial charge in [0, 0.05) is 18.3 Å². The lowest BCUT2D eigenvalue weighted by Gasteiger charge is -2.21. The highest BCUT2D eigenvalue weighted by atomic mass is 32.2. The summed E-state index contributed by atoms with van der Waals surface area (Å²) >= 11 is 0. The molecule has 0 spiro atoms. The maximum absolute atomic E-state index is 12.7. The lowest BCUT2D eigenvalue weighted by atomic mass is 10.2. The summed E-state index contributed by atoms with van der Waals surface area (Å²) < 4.78 is 29.6. The summed E-state index contributed by atoms with van der Waals surface area (Å²) in [5, 5.41) is 0. The minimum atomic E-state index is -3.81. The number of para-hydroxylation sites is 1. The second kappa shape index (κ2) is 7.32. The van der Waals surface area contributed by atoms with Gasteiger partial charge in [-0.3, -0.25) is 0 Å². The van der Waals surface area contributed by atoms with Crippen LogP contribution in [0.5, 0.6) is 0 Å². The molecule has 5 heteroatoms. The summed E-state index contributed by atoms with van der Waals surface area (Å²) in [7, 11) is -2.01. The van der Waals surface area contributed by atoms with Crippen molar-refractivity contribution in [3.8, 4) is 0 Å². The fourth-order valence-electron chi connectivity index (χ4n) is 2.43. The average Bonchev–Trinajstić information content (AvgIpc) is 2.68. The summed E-state index contributed by atoms with van der Waals surface area (Å²) in [6.07, 6.45) is 0. The molecule has 0 amide bonds. The van der Waals surface area contributed by atoms with E-state index < -0.39 is 10.0 Å². The van der Waals surface area contributed by atoms with Crippen molar-refractivity contribution in [3.63, 3.8) is 0 Å². The molecular formula is C20H18N2O2S. The van der Waals surface area contributed by atoms with Gasteiger partial charge in [0.2, 0.25) is 0 Å². The number of anilines is 1. The summed E-state index contributed by atoms with van der Waals surface area (Å²) in [6, 6.07) is 27.1. The number of hydrogen-bond acceptors (Lipinski definition) is 2. The molecule has 0 heterocycles. The zero-order chi connectivity index (χ0) is 17.7. The van der Waals surface area contributed by atoms with Gasteiger partial charge in [-0.1, -0.05) is 66.7 Å². The van der Waals surface area contributed by atoms with Gasteiger partial charge in [0.1, 0.15) is 0 Å². The van der Waals surface area contributed by atoms with Crippen LogP contribution in [0.2, 0.25) is 0 Å². The van der Waals surface area contributed by atoms with Gasteiger partial charge in [-0.25, -0.2) is 0 Å². The lowest BCUT2D eigenvalue weighted by Crippen LogP contribution is -2.28.